The second-order valence-corrected chi connectivity index (χ2v) is 4.04. The van der Waals surface area contributed by atoms with Crippen LogP contribution >= 0.6 is 15.9 Å². The smallest absolute Gasteiger partial charge is 0.0552 e. The molecule has 2 nitrogen and oxygen atoms in total. The first-order valence-corrected chi connectivity index (χ1v) is 4.98. The number of rotatable bonds is 3. The maximum absolute atomic E-state index is 4.25. The fraction of sp³-hybridized carbons (Fsp3) is 0.444. The molecule has 1 saturated carbocycles. The van der Waals surface area contributed by atoms with Gasteiger partial charge in [-0.2, -0.15) is 0 Å². The lowest BCUT2D eigenvalue weighted by atomic mass is 10.3. The van der Waals surface area contributed by atoms with E-state index in [1.54, 1.807) is 0 Å². The van der Waals surface area contributed by atoms with Crippen molar-refractivity contribution < 1.29 is 0 Å². The molecule has 1 aliphatic rings. The van der Waals surface area contributed by atoms with Crippen LogP contribution in [0.1, 0.15) is 18.5 Å². The average Bonchev–Trinajstić information content (AvgIpc) is 2.84. The fourth-order valence-electron chi connectivity index (χ4n) is 1.08. The van der Waals surface area contributed by atoms with E-state index in [-0.39, 0.29) is 0 Å². The summed E-state index contributed by atoms with van der Waals surface area (Å²) in [5.74, 6) is 0. The third-order valence-corrected chi connectivity index (χ3v) is 2.42. The second-order valence-electron chi connectivity index (χ2n) is 3.12. The van der Waals surface area contributed by atoms with Crippen molar-refractivity contribution in [2.24, 2.45) is 0 Å². The summed E-state index contributed by atoms with van der Waals surface area (Å²) in [5, 5.41) is 3.42. The van der Waals surface area contributed by atoms with E-state index >= 15 is 0 Å². The predicted octanol–water partition coefficient (Wildman–Crippen LogP) is 2.10. The molecule has 0 aromatic carbocycles. The van der Waals surface area contributed by atoms with Crippen molar-refractivity contribution in [3.05, 3.63) is 28.5 Å². The number of pyridine rings is 1. The quantitative estimate of drug-likeness (QED) is 0.855. The number of hydrogen-bond donors (Lipinski definition) is 1. The molecule has 0 atom stereocenters. The normalized spacial score (nSPS) is 16.4. The maximum Gasteiger partial charge on any atom is 0.0552 e. The zero-order chi connectivity index (χ0) is 8.39. The van der Waals surface area contributed by atoms with Gasteiger partial charge in [-0.15, -0.1) is 0 Å². The lowest BCUT2D eigenvalue weighted by Gasteiger charge is -2.01. The monoisotopic (exact) mass is 226 g/mol. The average molecular weight is 227 g/mol. The first-order chi connectivity index (χ1) is 5.84. The highest BCUT2D eigenvalue weighted by Crippen LogP contribution is 2.19. The summed E-state index contributed by atoms with van der Waals surface area (Å²) in [7, 11) is 0. The van der Waals surface area contributed by atoms with Crippen molar-refractivity contribution in [1.82, 2.24) is 10.3 Å². The Morgan fingerprint density at radius 3 is 3.08 bits per heavy atom. The van der Waals surface area contributed by atoms with Crippen LogP contribution < -0.4 is 5.32 Å². The maximum atomic E-state index is 4.25. The predicted molar refractivity (Wildman–Crippen MR) is 51.8 cm³/mol. The molecular weight excluding hydrogens is 216 g/mol. The Bertz CT molecular complexity index is 271. The molecular formula is C9H11BrN2. The van der Waals surface area contributed by atoms with Gasteiger partial charge in [0.1, 0.15) is 0 Å². The molecule has 1 aliphatic carbocycles. The summed E-state index contributed by atoms with van der Waals surface area (Å²) in [6, 6.07) is 4.75. The van der Waals surface area contributed by atoms with Gasteiger partial charge in [-0.25, -0.2) is 0 Å². The van der Waals surface area contributed by atoms with E-state index in [2.05, 4.69) is 32.3 Å². The van der Waals surface area contributed by atoms with Crippen molar-refractivity contribution in [3.8, 4) is 0 Å². The van der Waals surface area contributed by atoms with Crippen molar-refractivity contribution in [2.75, 3.05) is 0 Å². The largest absolute Gasteiger partial charge is 0.308 e. The Labute approximate surface area is 80.5 Å². The molecule has 0 amide bonds. The van der Waals surface area contributed by atoms with E-state index < -0.39 is 0 Å². The van der Waals surface area contributed by atoms with Crippen LogP contribution in [0.3, 0.4) is 0 Å². The van der Waals surface area contributed by atoms with E-state index in [1.165, 1.54) is 12.8 Å². The first kappa shape index (κ1) is 8.20. The van der Waals surface area contributed by atoms with E-state index in [4.69, 9.17) is 0 Å². The lowest BCUT2D eigenvalue weighted by Crippen LogP contribution is -2.15. The molecule has 12 heavy (non-hydrogen) atoms. The molecule has 1 aromatic heterocycles. The zero-order valence-electron chi connectivity index (χ0n) is 6.76. The summed E-state index contributed by atoms with van der Waals surface area (Å²) >= 11 is 3.42. The van der Waals surface area contributed by atoms with Crippen LogP contribution in [0, 0.1) is 0 Å². The molecule has 0 saturated heterocycles. The van der Waals surface area contributed by atoms with Gasteiger partial charge in [0, 0.05) is 23.3 Å². The molecule has 1 aromatic rings. The molecule has 0 bridgehead atoms. The van der Waals surface area contributed by atoms with E-state index in [0.717, 1.165) is 22.8 Å². The van der Waals surface area contributed by atoms with Gasteiger partial charge in [0.05, 0.1) is 5.69 Å². The molecule has 2 rings (SSSR count). The highest BCUT2D eigenvalue weighted by Gasteiger charge is 2.19. The third-order valence-electron chi connectivity index (χ3n) is 1.93. The van der Waals surface area contributed by atoms with Gasteiger partial charge in [-0.1, -0.05) is 15.9 Å². The third kappa shape index (κ3) is 2.29. The van der Waals surface area contributed by atoms with Gasteiger partial charge >= 0.3 is 0 Å². The first-order valence-electron chi connectivity index (χ1n) is 4.18. The second kappa shape index (κ2) is 3.54. The molecule has 0 unspecified atom stereocenters. The number of halogens is 1. The summed E-state index contributed by atoms with van der Waals surface area (Å²) in [6.45, 7) is 0.893. The van der Waals surface area contributed by atoms with Crippen LogP contribution in [0.4, 0.5) is 0 Å². The molecule has 1 N–H and O–H groups in total. The minimum atomic E-state index is 0.755. The van der Waals surface area contributed by atoms with E-state index in [9.17, 15) is 0 Å². The van der Waals surface area contributed by atoms with Crippen molar-refractivity contribution in [3.63, 3.8) is 0 Å². The number of hydrogen-bond acceptors (Lipinski definition) is 2. The van der Waals surface area contributed by atoms with Crippen LogP contribution in [-0.2, 0) is 6.54 Å². The zero-order valence-corrected chi connectivity index (χ0v) is 8.34. The van der Waals surface area contributed by atoms with Crippen LogP contribution in [0.15, 0.2) is 22.8 Å². The van der Waals surface area contributed by atoms with Gasteiger partial charge in [0.25, 0.3) is 0 Å². The molecule has 0 aliphatic heterocycles. The summed E-state index contributed by atoms with van der Waals surface area (Å²) < 4.78 is 1.10. The molecule has 1 fully saturated rings. The minimum absolute atomic E-state index is 0.755. The fourth-order valence-corrected chi connectivity index (χ4v) is 1.46. The van der Waals surface area contributed by atoms with Gasteiger partial charge in [-0.05, 0) is 25.0 Å². The van der Waals surface area contributed by atoms with Crippen LogP contribution in [0.5, 0.6) is 0 Å². The number of aromatic nitrogens is 1. The minimum Gasteiger partial charge on any atom is -0.308 e. The molecule has 0 radical (unpaired) electrons. The van der Waals surface area contributed by atoms with Crippen molar-refractivity contribution in [2.45, 2.75) is 25.4 Å². The van der Waals surface area contributed by atoms with Gasteiger partial charge in [0.15, 0.2) is 0 Å². The Morgan fingerprint density at radius 2 is 2.42 bits per heavy atom. The summed E-state index contributed by atoms with van der Waals surface area (Å²) in [6.07, 6.45) is 4.48. The molecule has 64 valence electrons. The molecule has 0 spiro atoms. The van der Waals surface area contributed by atoms with Gasteiger partial charge in [-0.3, -0.25) is 4.98 Å². The van der Waals surface area contributed by atoms with Crippen LogP contribution in [0.25, 0.3) is 0 Å². The summed E-state index contributed by atoms with van der Waals surface area (Å²) in [5.41, 5.74) is 1.11. The van der Waals surface area contributed by atoms with Crippen LogP contribution in [0.2, 0.25) is 0 Å². The van der Waals surface area contributed by atoms with E-state index in [1.807, 2.05) is 12.3 Å². The highest BCUT2D eigenvalue weighted by molar-refractivity contribution is 9.10. The Morgan fingerprint density at radius 1 is 1.58 bits per heavy atom. The number of nitrogens with one attached hydrogen (secondary N) is 1. The lowest BCUT2D eigenvalue weighted by molar-refractivity contribution is 0.674. The molecule has 3 heteroatoms. The SMILES string of the molecule is Brc1ccnc(CNC2CC2)c1. The Kier molecular flexibility index (Phi) is 2.42. The molecule has 1 heterocycles. The Balaban J connectivity index is 1.92. The standard InChI is InChI=1S/C9H11BrN2/c10-7-3-4-11-9(5-7)6-12-8-1-2-8/h3-5,8,12H,1-2,6H2. The van der Waals surface area contributed by atoms with Gasteiger partial charge in [0.2, 0.25) is 0 Å². The van der Waals surface area contributed by atoms with Crippen LogP contribution in [-0.4, -0.2) is 11.0 Å². The highest BCUT2D eigenvalue weighted by atomic mass is 79.9. The van der Waals surface area contributed by atoms with Gasteiger partial charge < -0.3 is 5.32 Å². The van der Waals surface area contributed by atoms with Crippen molar-refractivity contribution >= 4 is 15.9 Å². The topological polar surface area (TPSA) is 24.9 Å². The van der Waals surface area contributed by atoms with E-state index in [0.29, 0.717) is 0 Å². The number of nitrogens with zero attached hydrogens (tertiary/aromatic N) is 1. The van der Waals surface area contributed by atoms with Crippen molar-refractivity contribution in [1.29, 1.82) is 0 Å². The Hall–Kier alpha value is -0.410. The summed E-state index contributed by atoms with van der Waals surface area (Å²) in [4.78, 5) is 4.25.